The molecule has 2 amide bonds. The molecule has 3 aromatic rings. The van der Waals surface area contributed by atoms with Gasteiger partial charge in [0, 0.05) is 11.1 Å². The van der Waals surface area contributed by atoms with E-state index in [4.69, 9.17) is 9.84 Å². The zero-order valence-electron chi connectivity index (χ0n) is 17.4. The number of carbonyl (C=O) groups excluding carboxylic acids is 2. The number of fused-ring (bicyclic) bond motifs is 1. The fourth-order valence-corrected chi connectivity index (χ4v) is 3.52. The quantitative estimate of drug-likeness (QED) is 0.427. The van der Waals surface area contributed by atoms with Crippen LogP contribution in [-0.2, 0) is 15.8 Å². The molecule has 34 heavy (non-hydrogen) atoms. The van der Waals surface area contributed by atoms with Crippen LogP contribution in [0.25, 0.3) is 11.6 Å². The maximum absolute atomic E-state index is 13.4. The maximum Gasteiger partial charge on any atom is 0.416 e. The van der Waals surface area contributed by atoms with E-state index in [1.165, 1.54) is 30.3 Å². The fraction of sp³-hybridized carbons (Fsp3) is 0.0800. The molecule has 0 radical (unpaired) electrons. The van der Waals surface area contributed by atoms with Gasteiger partial charge >= 0.3 is 12.1 Å². The first-order valence-electron chi connectivity index (χ1n) is 9.97. The maximum atomic E-state index is 13.4. The number of imide groups is 1. The van der Waals surface area contributed by atoms with Crippen LogP contribution in [0.3, 0.4) is 0 Å². The zero-order chi connectivity index (χ0) is 24.5. The summed E-state index contributed by atoms with van der Waals surface area (Å²) in [5.74, 6) is -2.32. The van der Waals surface area contributed by atoms with E-state index in [9.17, 15) is 27.6 Å². The van der Waals surface area contributed by atoms with Crippen molar-refractivity contribution in [3.8, 4) is 5.75 Å². The van der Waals surface area contributed by atoms with Gasteiger partial charge in [-0.3, -0.25) is 9.59 Å². The number of nitrogens with zero attached hydrogens (tertiary/aromatic N) is 1. The lowest BCUT2D eigenvalue weighted by molar-refractivity contribution is -0.139. The molecule has 0 bridgehead atoms. The Bertz CT molecular complexity index is 1310. The minimum absolute atomic E-state index is 0.117. The predicted molar refractivity (Wildman–Crippen MR) is 117 cm³/mol. The van der Waals surface area contributed by atoms with E-state index in [1.54, 1.807) is 30.3 Å². The normalized spacial score (nSPS) is 14.8. The Labute approximate surface area is 191 Å². The second-order valence-corrected chi connectivity index (χ2v) is 7.35. The smallest absolute Gasteiger partial charge is 0.416 e. The monoisotopic (exact) mass is 467 g/mol. The average Bonchev–Trinajstić information content (AvgIpc) is 2.81. The minimum Gasteiger partial charge on any atom is -0.482 e. The second-order valence-electron chi connectivity index (χ2n) is 7.35. The summed E-state index contributed by atoms with van der Waals surface area (Å²) in [7, 11) is 0. The molecule has 0 aliphatic carbocycles. The molecule has 3 aromatic carbocycles. The van der Waals surface area contributed by atoms with E-state index < -0.39 is 36.1 Å². The lowest BCUT2D eigenvalue weighted by Crippen LogP contribution is -2.41. The number of carboxylic acid groups (broad SMARTS) is 1. The highest BCUT2D eigenvalue weighted by Crippen LogP contribution is 2.36. The summed E-state index contributed by atoms with van der Waals surface area (Å²) in [6, 6.07) is 16.6. The number of amides is 2. The van der Waals surface area contributed by atoms with Crippen LogP contribution in [0.1, 0.15) is 27.0 Å². The molecule has 0 unspecified atom stereocenters. The summed E-state index contributed by atoms with van der Waals surface area (Å²) < 4.78 is 44.8. The number of rotatable bonds is 5. The minimum atomic E-state index is -4.64. The molecule has 0 spiro atoms. The lowest BCUT2D eigenvalue weighted by atomic mass is 9.91. The second kappa shape index (κ2) is 8.86. The molecular weight excluding hydrogens is 451 g/mol. The number of benzene rings is 3. The van der Waals surface area contributed by atoms with Crippen LogP contribution in [0.5, 0.6) is 5.75 Å². The summed E-state index contributed by atoms with van der Waals surface area (Å²) in [5.41, 5.74) is 0.0136. The number of anilines is 1. The first-order valence-corrected chi connectivity index (χ1v) is 9.97. The molecule has 1 aliphatic heterocycles. The molecule has 172 valence electrons. The zero-order valence-corrected chi connectivity index (χ0v) is 17.4. The molecule has 1 N–H and O–H groups in total. The van der Waals surface area contributed by atoms with E-state index in [0.29, 0.717) is 16.9 Å². The topological polar surface area (TPSA) is 83.9 Å². The number of halogens is 3. The van der Waals surface area contributed by atoms with Crippen molar-refractivity contribution in [2.75, 3.05) is 11.5 Å². The van der Waals surface area contributed by atoms with Crippen LogP contribution in [-0.4, -0.2) is 29.5 Å². The van der Waals surface area contributed by atoms with Gasteiger partial charge in [0.2, 0.25) is 0 Å². The highest BCUT2D eigenvalue weighted by molar-refractivity contribution is 6.43. The standard InChI is InChI=1S/C25H16F3NO5/c26-25(27,28)16-4-3-5-17(13-16)29-23(32)20-7-2-1-6-19(20)21(24(29)33)12-15-8-10-18(11-9-15)34-14-22(30)31/h1-13H,14H2,(H,30,31)/b21-12-. The van der Waals surface area contributed by atoms with Crippen molar-refractivity contribution in [3.63, 3.8) is 0 Å². The number of carbonyl (C=O) groups is 3. The number of hydrogen-bond donors (Lipinski definition) is 1. The highest BCUT2D eigenvalue weighted by atomic mass is 19.4. The van der Waals surface area contributed by atoms with E-state index in [2.05, 4.69) is 0 Å². The lowest BCUT2D eigenvalue weighted by Gasteiger charge is -2.29. The van der Waals surface area contributed by atoms with Gasteiger partial charge in [-0.15, -0.1) is 0 Å². The third-order valence-electron chi connectivity index (χ3n) is 5.07. The molecule has 0 atom stereocenters. The average molecular weight is 467 g/mol. The van der Waals surface area contributed by atoms with Gasteiger partial charge in [0.25, 0.3) is 11.8 Å². The van der Waals surface area contributed by atoms with E-state index in [0.717, 1.165) is 23.1 Å². The molecule has 9 heteroatoms. The van der Waals surface area contributed by atoms with E-state index in [-0.39, 0.29) is 16.8 Å². The van der Waals surface area contributed by atoms with Crippen molar-refractivity contribution in [3.05, 3.63) is 95.1 Å². The SMILES string of the molecule is O=C(O)COc1ccc(/C=C2\C(=O)N(c3cccc(C(F)(F)F)c3)C(=O)c3ccccc32)cc1. The molecule has 0 aromatic heterocycles. The van der Waals surface area contributed by atoms with Crippen LogP contribution in [0.15, 0.2) is 72.8 Å². The van der Waals surface area contributed by atoms with Gasteiger partial charge in [-0.1, -0.05) is 36.4 Å². The van der Waals surface area contributed by atoms with Crippen LogP contribution < -0.4 is 9.64 Å². The Kier molecular flexibility index (Phi) is 5.93. The van der Waals surface area contributed by atoms with Gasteiger partial charge in [0.05, 0.1) is 11.3 Å². The molecule has 0 fully saturated rings. The first-order chi connectivity index (χ1) is 16.1. The van der Waals surface area contributed by atoms with E-state index >= 15 is 0 Å². The van der Waals surface area contributed by atoms with Crippen molar-refractivity contribution >= 4 is 35.1 Å². The molecule has 4 rings (SSSR count). The number of aliphatic carboxylic acids is 1. The first kappa shape index (κ1) is 22.8. The fourth-order valence-electron chi connectivity index (χ4n) is 3.52. The largest absolute Gasteiger partial charge is 0.482 e. The van der Waals surface area contributed by atoms with Crippen molar-refractivity contribution in [1.82, 2.24) is 0 Å². The molecule has 6 nitrogen and oxygen atoms in total. The third-order valence-corrected chi connectivity index (χ3v) is 5.07. The van der Waals surface area contributed by atoms with Gasteiger partial charge in [-0.05, 0) is 53.6 Å². The summed E-state index contributed by atoms with van der Waals surface area (Å²) in [6.45, 7) is -0.514. The molecule has 1 aliphatic rings. The third kappa shape index (κ3) is 4.54. The van der Waals surface area contributed by atoms with Gasteiger partial charge < -0.3 is 9.84 Å². The van der Waals surface area contributed by atoms with Gasteiger partial charge in [-0.2, -0.15) is 13.2 Å². The van der Waals surface area contributed by atoms with Crippen molar-refractivity contribution in [2.24, 2.45) is 0 Å². The van der Waals surface area contributed by atoms with Crippen LogP contribution in [0.4, 0.5) is 18.9 Å². The molecule has 0 saturated carbocycles. The van der Waals surface area contributed by atoms with Crippen LogP contribution >= 0.6 is 0 Å². The Morgan fingerprint density at radius 3 is 2.24 bits per heavy atom. The summed E-state index contributed by atoms with van der Waals surface area (Å²) in [6.07, 6.45) is -3.13. The van der Waals surface area contributed by atoms with Gasteiger partial charge in [-0.25, -0.2) is 9.69 Å². The highest BCUT2D eigenvalue weighted by Gasteiger charge is 2.37. The van der Waals surface area contributed by atoms with Gasteiger partial charge in [0.15, 0.2) is 6.61 Å². The Morgan fingerprint density at radius 1 is 0.912 bits per heavy atom. The Hall–Kier alpha value is -4.40. The summed E-state index contributed by atoms with van der Waals surface area (Å²) in [4.78, 5) is 37.8. The predicted octanol–water partition coefficient (Wildman–Crippen LogP) is 4.90. The van der Waals surface area contributed by atoms with Gasteiger partial charge in [0.1, 0.15) is 5.75 Å². The van der Waals surface area contributed by atoms with Crippen molar-refractivity contribution < 1.29 is 37.4 Å². The van der Waals surface area contributed by atoms with Crippen molar-refractivity contribution in [1.29, 1.82) is 0 Å². The number of ether oxygens (including phenoxy) is 1. The van der Waals surface area contributed by atoms with E-state index in [1.807, 2.05) is 0 Å². The molecule has 1 heterocycles. The number of carboxylic acids is 1. The van der Waals surface area contributed by atoms with Crippen LogP contribution in [0.2, 0.25) is 0 Å². The number of hydrogen-bond acceptors (Lipinski definition) is 4. The molecular formula is C25H16F3NO5. The summed E-state index contributed by atoms with van der Waals surface area (Å²) in [5, 5.41) is 8.70. The number of alkyl halides is 3. The molecule has 0 saturated heterocycles. The van der Waals surface area contributed by atoms with Crippen LogP contribution in [0, 0.1) is 0 Å². The Morgan fingerprint density at radius 2 is 1.59 bits per heavy atom. The van der Waals surface area contributed by atoms with Crippen molar-refractivity contribution in [2.45, 2.75) is 6.18 Å². The summed E-state index contributed by atoms with van der Waals surface area (Å²) >= 11 is 0. The Balaban J connectivity index is 1.76.